The fourth-order valence-electron chi connectivity index (χ4n) is 1.65. The van der Waals surface area contributed by atoms with Crippen molar-refractivity contribution in [2.75, 3.05) is 18.6 Å². The molecule has 0 saturated heterocycles. The first kappa shape index (κ1) is 13.8. The fraction of sp³-hybridized carbons (Fsp3) is 0.500. The minimum absolute atomic E-state index is 0.173. The van der Waals surface area contributed by atoms with Crippen LogP contribution < -0.4 is 5.32 Å². The van der Waals surface area contributed by atoms with E-state index in [9.17, 15) is 4.39 Å². The molecule has 0 bridgehead atoms. The van der Waals surface area contributed by atoms with Crippen molar-refractivity contribution in [3.05, 3.63) is 34.6 Å². The molecule has 1 N–H and O–H groups in total. The first-order valence-electron chi connectivity index (χ1n) is 5.33. The van der Waals surface area contributed by atoms with Crippen LogP contribution >= 0.6 is 23.4 Å². The van der Waals surface area contributed by atoms with Crippen molar-refractivity contribution in [3.63, 3.8) is 0 Å². The molecule has 16 heavy (non-hydrogen) atoms. The molecule has 1 aromatic carbocycles. The summed E-state index contributed by atoms with van der Waals surface area (Å²) in [5, 5.41) is 3.94. The molecule has 4 heteroatoms. The summed E-state index contributed by atoms with van der Waals surface area (Å²) in [7, 11) is 0. The predicted molar refractivity (Wildman–Crippen MR) is 71.0 cm³/mol. The van der Waals surface area contributed by atoms with Crippen molar-refractivity contribution in [3.8, 4) is 0 Å². The van der Waals surface area contributed by atoms with E-state index in [2.05, 4.69) is 18.5 Å². The van der Waals surface area contributed by atoms with Crippen LogP contribution in [0.3, 0.4) is 0 Å². The minimum atomic E-state index is -0.173. The Hall–Kier alpha value is -0.250. The minimum Gasteiger partial charge on any atom is -0.313 e. The largest absolute Gasteiger partial charge is 0.313 e. The molecule has 0 saturated carbocycles. The summed E-state index contributed by atoms with van der Waals surface area (Å²) in [6.45, 7) is 2.95. The van der Waals surface area contributed by atoms with Crippen molar-refractivity contribution in [2.24, 2.45) is 0 Å². The van der Waals surface area contributed by atoms with E-state index < -0.39 is 0 Å². The molecule has 0 heterocycles. The molecule has 1 rings (SSSR count). The number of nitrogens with one attached hydrogen (secondary N) is 1. The molecule has 0 spiro atoms. The molecule has 0 aliphatic carbocycles. The van der Waals surface area contributed by atoms with E-state index in [1.54, 1.807) is 23.9 Å². The van der Waals surface area contributed by atoms with Gasteiger partial charge in [0.25, 0.3) is 0 Å². The highest BCUT2D eigenvalue weighted by Gasteiger charge is 2.11. The molecular weight excluding hydrogens is 245 g/mol. The number of benzene rings is 1. The van der Waals surface area contributed by atoms with Crippen molar-refractivity contribution in [1.29, 1.82) is 0 Å². The maximum absolute atomic E-state index is 13.5. The van der Waals surface area contributed by atoms with Gasteiger partial charge in [-0.2, -0.15) is 11.8 Å². The lowest BCUT2D eigenvalue weighted by Crippen LogP contribution is -2.33. The molecule has 0 aromatic heterocycles. The van der Waals surface area contributed by atoms with Crippen molar-refractivity contribution >= 4 is 23.4 Å². The van der Waals surface area contributed by atoms with Gasteiger partial charge in [0.1, 0.15) is 5.82 Å². The number of thioether (sulfide) groups is 1. The van der Waals surface area contributed by atoms with E-state index in [0.29, 0.717) is 23.0 Å². The number of hydrogen-bond donors (Lipinski definition) is 1. The van der Waals surface area contributed by atoms with Crippen LogP contribution in [0.4, 0.5) is 4.39 Å². The van der Waals surface area contributed by atoms with Gasteiger partial charge in [-0.1, -0.05) is 18.5 Å². The number of halogens is 2. The third-order valence-electron chi connectivity index (χ3n) is 2.33. The monoisotopic (exact) mass is 261 g/mol. The first-order chi connectivity index (χ1) is 7.67. The Morgan fingerprint density at radius 3 is 2.88 bits per heavy atom. The topological polar surface area (TPSA) is 12.0 Å². The van der Waals surface area contributed by atoms with Crippen LogP contribution in [-0.4, -0.2) is 24.6 Å². The molecule has 0 radical (unpaired) electrons. The first-order valence-corrected chi connectivity index (χ1v) is 7.10. The summed E-state index contributed by atoms with van der Waals surface area (Å²) in [6.07, 6.45) is 2.74. The van der Waals surface area contributed by atoms with Gasteiger partial charge in [0.05, 0.1) is 0 Å². The summed E-state index contributed by atoms with van der Waals surface area (Å²) in [4.78, 5) is 0. The molecule has 1 atom stereocenters. The molecule has 0 amide bonds. The second kappa shape index (κ2) is 7.15. The van der Waals surface area contributed by atoms with Gasteiger partial charge in [0.2, 0.25) is 0 Å². The third-order valence-corrected chi connectivity index (χ3v) is 3.31. The highest BCUT2D eigenvalue weighted by molar-refractivity contribution is 7.98. The van der Waals surface area contributed by atoms with Gasteiger partial charge >= 0.3 is 0 Å². The summed E-state index contributed by atoms with van der Waals surface area (Å²) >= 11 is 7.62. The molecule has 90 valence electrons. The second-order valence-corrected chi connectivity index (χ2v) is 5.00. The Morgan fingerprint density at radius 2 is 2.25 bits per heavy atom. The predicted octanol–water partition coefficient (Wildman–Crippen LogP) is 3.36. The SMILES string of the molecule is CCNC(CSC)Cc1cc(Cl)ccc1F. The van der Waals surface area contributed by atoms with E-state index in [0.717, 1.165) is 12.3 Å². The van der Waals surface area contributed by atoms with Crippen molar-refractivity contribution in [1.82, 2.24) is 5.32 Å². The number of hydrogen-bond acceptors (Lipinski definition) is 2. The highest BCUT2D eigenvalue weighted by atomic mass is 35.5. The van der Waals surface area contributed by atoms with Gasteiger partial charge in [-0.15, -0.1) is 0 Å². The zero-order valence-electron chi connectivity index (χ0n) is 9.59. The van der Waals surface area contributed by atoms with Gasteiger partial charge in [-0.3, -0.25) is 0 Å². The molecule has 0 fully saturated rings. The number of likely N-dealkylation sites (N-methyl/N-ethyl adjacent to an activating group) is 1. The van der Waals surface area contributed by atoms with Crippen LogP contribution in [-0.2, 0) is 6.42 Å². The van der Waals surface area contributed by atoms with E-state index in [1.165, 1.54) is 6.07 Å². The van der Waals surface area contributed by atoms with Crippen molar-refractivity contribution < 1.29 is 4.39 Å². The Kier molecular flexibility index (Phi) is 6.17. The Labute approximate surface area is 106 Å². The van der Waals surface area contributed by atoms with Crippen LogP contribution in [0, 0.1) is 5.82 Å². The van der Waals surface area contributed by atoms with Crippen LogP contribution in [0.2, 0.25) is 5.02 Å². The summed E-state index contributed by atoms with van der Waals surface area (Å²) in [6, 6.07) is 5.02. The Balaban J connectivity index is 2.71. The number of rotatable bonds is 6. The zero-order valence-corrected chi connectivity index (χ0v) is 11.2. The van der Waals surface area contributed by atoms with Gasteiger partial charge in [-0.25, -0.2) is 4.39 Å². The smallest absolute Gasteiger partial charge is 0.126 e. The van der Waals surface area contributed by atoms with Crippen LogP contribution in [0.25, 0.3) is 0 Å². The lowest BCUT2D eigenvalue weighted by atomic mass is 10.1. The van der Waals surface area contributed by atoms with E-state index >= 15 is 0 Å². The zero-order chi connectivity index (χ0) is 12.0. The van der Waals surface area contributed by atoms with Gasteiger partial charge in [0.15, 0.2) is 0 Å². The van der Waals surface area contributed by atoms with Gasteiger partial charge in [0, 0.05) is 16.8 Å². The molecule has 1 aromatic rings. The maximum atomic E-state index is 13.5. The lowest BCUT2D eigenvalue weighted by molar-refractivity contribution is 0.545. The fourth-order valence-corrected chi connectivity index (χ4v) is 2.48. The van der Waals surface area contributed by atoms with Crippen molar-refractivity contribution in [2.45, 2.75) is 19.4 Å². The molecule has 0 aliphatic heterocycles. The van der Waals surface area contributed by atoms with E-state index in [4.69, 9.17) is 11.6 Å². The quantitative estimate of drug-likeness (QED) is 0.843. The summed E-state index contributed by atoms with van der Waals surface area (Å²) in [5.41, 5.74) is 0.688. The lowest BCUT2D eigenvalue weighted by Gasteiger charge is -2.17. The Bertz CT molecular complexity index is 327. The van der Waals surface area contributed by atoms with E-state index in [-0.39, 0.29) is 5.82 Å². The average Bonchev–Trinajstić information content (AvgIpc) is 2.24. The second-order valence-electron chi connectivity index (χ2n) is 3.65. The van der Waals surface area contributed by atoms with Gasteiger partial charge < -0.3 is 5.32 Å². The van der Waals surface area contributed by atoms with E-state index in [1.807, 2.05) is 0 Å². The molecule has 1 nitrogen and oxygen atoms in total. The molecule has 1 unspecified atom stereocenters. The third kappa shape index (κ3) is 4.32. The maximum Gasteiger partial charge on any atom is 0.126 e. The summed E-state index contributed by atoms with van der Waals surface area (Å²) in [5.74, 6) is 0.799. The summed E-state index contributed by atoms with van der Waals surface area (Å²) < 4.78 is 13.5. The van der Waals surface area contributed by atoms with Crippen LogP contribution in [0.15, 0.2) is 18.2 Å². The average molecular weight is 262 g/mol. The molecular formula is C12H17ClFNS. The van der Waals surface area contributed by atoms with Gasteiger partial charge in [-0.05, 0) is 43.0 Å². The van der Waals surface area contributed by atoms with Crippen LogP contribution in [0.5, 0.6) is 0 Å². The highest BCUT2D eigenvalue weighted by Crippen LogP contribution is 2.17. The standard InChI is InChI=1S/C12H17ClFNS/c1-3-15-11(8-16-2)7-9-6-10(13)4-5-12(9)14/h4-6,11,15H,3,7-8H2,1-2H3. The normalized spacial score (nSPS) is 12.8. The van der Waals surface area contributed by atoms with Crippen LogP contribution in [0.1, 0.15) is 12.5 Å². The molecule has 0 aliphatic rings. The Morgan fingerprint density at radius 1 is 1.50 bits per heavy atom.